The Morgan fingerprint density at radius 3 is 2.69 bits per heavy atom. The summed E-state index contributed by atoms with van der Waals surface area (Å²) >= 11 is 5.76. The molecule has 0 aromatic heterocycles. The number of nitrogens with zero attached hydrogens (tertiary/aromatic N) is 2. The van der Waals surface area contributed by atoms with Gasteiger partial charge in [-0.05, 0) is 37.7 Å². The minimum Gasteiger partial charge on any atom is -0.494 e. The Bertz CT molecular complexity index is 345. The standard InChI is InChI=1S/C12H15ClN2O/c1-15(9-7-14)8-2-10-16-12-5-3-11(13)4-6-12/h3-6H,2,8-10H2,1H3. The Balaban J connectivity index is 2.16. The third-order valence-corrected chi connectivity index (χ3v) is 2.36. The van der Waals surface area contributed by atoms with Crippen molar-refractivity contribution in [2.75, 3.05) is 26.7 Å². The summed E-state index contributed by atoms with van der Waals surface area (Å²) in [6.07, 6.45) is 0.904. The van der Waals surface area contributed by atoms with E-state index in [1.807, 2.05) is 24.1 Å². The van der Waals surface area contributed by atoms with Crippen LogP contribution in [0.1, 0.15) is 6.42 Å². The highest BCUT2D eigenvalue weighted by Crippen LogP contribution is 2.15. The van der Waals surface area contributed by atoms with Crippen molar-refractivity contribution in [2.45, 2.75) is 6.42 Å². The largest absolute Gasteiger partial charge is 0.494 e. The quantitative estimate of drug-likeness (QED) is 0.565. The summed E-state index contributed by atoms with van der Waals surface area (Å²) in [6, 6.07) is 9.41. The molecule has 0 aliphatic heterocycles. The zero-order valence-corrected chi connectivity index (χ0v) is 10.1. The van der Waals surface area contributed by atoms with E-state index in [9.17, 15) is 0 Å². The molecule has 0 atom stereocenters. The van der Waals surface area contributed by atoms with Gasteiger partial charge in [0.15, 0.2) is 0 Å². The van der Waals surface area contributed by atoms with Crippen molar-refractivity contribution in [2.24, 2.45) is 0 Å². The Morgan fingerprint density at radius 2 is 2.06 bits per heavy atom. The first kappa shape index (κ1) is 12.8. The maximum absolute atomic E-state index is 8.46. The van der Waals surface area contributed by atoms with Gasteiger partial charge in [0.2, 0.25) is 0 Å². The van der Waals surface area contributed by atoms with Crippen LogP contribution >= 0.6 is 11.6 Å². The molecule has 0 heterocycles. The smallest absolute Gasteiger partial charge is 0.119 e. The van der Waals surface area contributed by atoms with Crippen molar-refractivity contribution in [3.8, 4) is 11.8 Å². The van der Waals surface area contributed by atoms with Crippen LogP contribution in [0.5, 0.6) is 5.75 Å². The average molecular weight is 239 g/mol. The highest BCUT2D eigenvalue weighted by molar-refractivity contribution is 6.30. The maximum atomic E-state index is 8.46. The molecule has 1 rings (SSSR count). The fourth-order valence-corrected chi connectivity index (χ4v) is 1.38. The van der Waals surface area contributed by atoms with E-state index in [-0.39, 0.29) is 0 Å². The first-order valence-corrected chi connectivity index (χ1v) is 5.54. The summed E-state index contributed by atoms with van der Waals surface area (Å²) in [6.45, 7) is 1.97. The zero-order valence-electron chi connectivity index (χ0n) is 9.32. The molecule has 0 saturated carbocycles. The molecule has 1 aromatic rings. The van der Waals surface area contributed by atoms with E-state index >= 15 is 0 Å². The van der Waals surface area contributed by atoms with E-state index in [1.54, 1.807) is 12.1 Å². The molecule has 0 N–H and O–H groups in total. The van der Waals surface area contributed by atoms with Crippen molar-refractivity contribution < 1.29 is 4.74 Å². The molecule has 0 spiro atoms. The van der Waals surface area contributed by atoms with Gasteiger partial charge in [-0.3, -0.25) is 4.90 Å². The van der Waals surface area contributed by atoms with E-state index in [4.69, 9.17) is 21.6 Å². The molecule has 0 aliphatic rings. The molecule has 86 valence electrons. The third-order valence-electron chi connectivity index (χ3n) is 2.11. The summed E-state index contributed by atoms with van der Waals surface area (Å²) in [4.78, 5) is 1.96. The summed E-state index contributed by atoms with van der Waals surface area (Å²) < 4.78 is 5.52. The van der Waals surface area contributed by atoms with Crippen LogP contribution in [0.4, 0.5) is 0 Å². The van der Waals surface area contributed by atoms with Crippen molar-refractivity contribution in [1.29, 1.82) is 5.26 Å². The van der Waals surface area contributed by atoms with Gasteiger partial charge in [-0.1, -0.05) is 11.6 Å². The van der Waals surface area contributed by atoms with Gasteiger partial charge in [0.05, 0.1) is 19.2 Å². The number of nitriles is 1. The summed E-state index contributed by atoms with van der Waals surface area (Å²) in [7, 11) is 1.92. The zero-order chi connectivity index (χ0) is 11.8. The predicted molar refractivity (Wildman–Crippen MR) is 64.7 cm³/mol. The van der Waals surface area contributed by atoms with Crippen molar-refractivity contribution in [1.82, 2.24) is 4.90 Å². The minimum absolute atomic E-state index is 0.459. The number of benzene rings is 1. The second-order valence-electron chi connectivity index (χ2n) is 3.55. The molecule has 0 amide bonds. The van der Waals surface area contributed by atoms with Crippen LogP contribution in [0.3, 0.4) is 0 Å². The van der Waals surface area contributed by atoms with Gasteiger partial charge in [0, 0.05) is 11.6 Å². The highest BCUT2D eigenvalue weighted by Gasteiger charge is 1.97. The normalized spacial score (nSPS) is 10.1. The van der Waals surface area contributed by atoms with Gasteiger partial charge in [-0.15, -0.1) is 0 Å². The predicted octanol–water partition coefficient (Wildman–Crippen LogP) is 2.56. The summed E-state index contributed by atoms with van der Waals surface area (Å²) in [5.41, 5.74) is 0. The summed E-state index contributed by atoms with van der Waals surface area (Å²) in [5, 5.41) is 9.17. The number of rotatable bonds is 6. The van der Waals surface area contributed by atoms with E-state index in [2.05, 4.69) is 6.07 Å². The molecule has 0 saturated heterocycles. The Labute approximate surface area is 101 Å². The Morgan fingerprint density at radius 1 is 1.38 bits per heavy atom. The van der Waals surface area contributed by atoms with Crippen LogP contribution in [0, 0.1) is 11.3 Å². The van der Waals surface area contributed by atoms with Crippen LogP contribution in [-0.2, 0) is 0 Å². The number of ether oxygens (including phenoxy) is 1. The lowest BCUT2D eigenvalue weighted by molar-refractivity contribution is 0.274. The van der Waals surface area contributed by atoms with Gasteiger partial charge in [0.25, 0.3) is 0 Å². The Kier molecular flexibility index (Phi) is 5.69. The average Bonchev–Trinajstić information content (AvgIpc) is 2.27. The lowest BCUT2D eigenvalue weighted by Gasteiger charge is -2.12. The first-order chi connectivity index (χ1) is 7.72. The van der Waals surface area contributed by atoms with Gasteiger partial charge >= 0.3 is 0 Å². The highest BCUT2D eigenvalue weighted by atomic mass is 35.5. The number of hydrogen-bond acceptors (Lipinski definition) is 3. The third kappa shape index (κ3) is 5.01. The molecule has 0 radical (unpaired) electrons. The van der Waals surface area contributed by atoms with Gasteiger partial charge < -0.3 is 4.74 Å². The minimum atomic E-state index is 0.459. The van der Waals surface area contributed by atoms with E-state index in [0.29, 0.717) is 18.2 Å². The molecule has 4 heteroatoms. The van der Waals surface area contributed by atoms with Gasteiger partial charge in [-0.2, -0.15) is 5.26 Å². The van der Waals surface area contributed by atoms with E-state index < -0.39 is 0 Å². The van der Waals surface area contributed by atoms with Crippen LogP contribution < -0.4 is 4.74 Å². The molecule has 0 bridgehead atoms. The van der Waals surface area contributed by atoms with Crippen molar-refractivity contribution >= 4 is 11.6 Å². The van der Waals surface area contributed by atoms with Crippen molar-refractivity contribution in [3.05, 3.63) is 29.3 Å². The SMILES string of the molecule is CN(CC#N)CCCOc1ccc(Cl)cc1. The fraction of sp³-hybridized carbons (Fsp3) is 0.417. The molecule has 0 fully saturated rings. The molecule has 3 nitrogen and oxygen atoms in total. The first-order valence-electron chi connectivity index (χ1n) is 5.16. The second-order valence-corrected chi connectivity index (χ2v) is 3.99. The number of hydrogen-bond donors (Lipinski definition) is 0. The molecular weight excluding hydrogens is 224 g/mol. The molecule has 1 aromatic carbocycles. The monoisotopic (exact) mass is 238 g/mol. The lowest BCUT2D eigenvalue weighted by Crippen LogP contribution is -2.21. The van der Waals surface area contributed by atoms with Gasteiger partial charge in [0.1, 0.15) is 5.75 Å². The van der Waals surface area contributed by atoms with E-state index in [1.165, 1.54) is 0 Å². The molecule has 16 heavy (non-hydrogen) atoms. The second kappa shape index (κ2) is 7.10. The number of halogens is 1. The lowest BCUT2D eigenvalue weighted by atomic mass is 10.3. The van der Waals surface area contributed by atoms with Crippen LogP contribution in [-0.4, -0.2) is 31.6 Å². The van der Waals surface area contributed by atoms with Crippen LogP contribution in [0.25, 0.3) is 0 Å². The van der Waals surface area contributed by atoms with Crippen LogP contribution in [0.2, 0.25) is 5.02 Å². The van der Waals surface area contributed by atoms with E-state index in [0.717, 1.165) is 18.7 Å². The molecular formula is C12H15ClN2O. The van der Waals surface area contributed by atoms with Gasteiger partial charge in [-0.25, -0.2) is 0 Å². The topological polar surface area (TPSA) is 36.3 Å². The molecule has 0 aliphatic carbocycles. The maximum Gasteiger partial charge on any atom is 0.119 e. The summed E-state index contributed by atoms with van der Waals surface area (Å²) in [5.74, 6) is 0.826. The Hall–Kier alpha value is -1.24. The molecule has 0 unspecified atom stereocenters. The van der Waals surface area contributed by atoms with Crippen molar-refractivity contribution in [3.63, 3.8) is 0 Å². The fourth-order valence-electron chi connectivity index (χ4n) is 1.26. The van der Waals surface area contributed by atoms with Crippen LogP contribution in [0.15, 0.2) is 24.3 Å².